The number of fused-ring (bicyclic) bond motifs is 2. The lowest BCUT2D eigenvalue weighted by Gasteiger charge is -2.05. The number of aryl methyl sites for hydroxylation is 1. The Morgan fingerprint density at radius 3 is 2.84 bits per heavy atom. The van der Waals surface area contributed by atoms with Gasteiger partial charge < -0.3 is 5.32 Å². The van der Waals surface area contributed by atoms with Crippen molar-refractivity contribution in [1.82, 2.24) is 19.6 Å². The number of benzene rings is 1. The highest BCUT2D eigenvalue weighted by molar-refractivity contribution is 7.18. The Morgan fingerprint density at radius 2 is 2.04 bits per heavy atom. The Labute approximate surface area is 152 Å². The van der Waals surface area contributed by atoms with E-state index in [4.69, 9.17) is 0 Å². The van der Waals surface area contributed by atoms with Crippen molar-refractivity contribution in [3.63, 3.8) is 0 Å². The molecule has 0 spiro atoms. The summed E-state index contributed by atoms with van der Waals surface area (Å²) in [6, 6.07) is 7.66. The van der Waals surface area contributed by atoms with Crippen LogP contribution < -0.4 is 10.9 Å². The molecule has 0 atom stereocenters. The standard InChI is InChI=1S/C17H17N5OS2/c1-9(2)16-20-13-5-4-11(6-14(13)25-16)18-8-12-7-15(23)22-17(19-12)24-10(3)21-22/h4-7,9,18H,8H2,1-3H3. The van der Waals surface area contributed by atoms with Gasteiger partial charge in [0.1, 0.15) is 5.01 Å². The number of hydrogen-bond acceptors (Lipinski definition) is 7. The summed E-state index contributed by atoms with van der Waals surface area (Å²) >= 11 is 3.14. The van der Waals surface area contributed by atoms with Gasteiger partial charge in [0.05, 0.1) is 27.5 Å². The molecule has 3 aromatic heterocycles. The van der Waals surface area contributed by atoms with Crippen LogP contribution in [0.25, 0.3) is 15.2 Å². The second-order valence-corrected chi connectivity index (χ2v) is 8.37. The fourth-order valence-corrected chi connectivity index (χ4v) is 4.31. The molecule has 0 fully saturated rings. The molecule has 25 heavy (non-hydrogen) atoms. The number of aromatic nitrogens is 4. The molecule has 1 N–H and O–H groups in total. The fourth-order valence-electron chi connectivity index (χ4n) is 2.53. The van der Waals surface area contributed by atoms with E-state index in [1.54, 1.807) is 11.3 Å². The summed E-state index contributed by atoms with van der Waals surface area (Å²) in [5.41, 5.74) is 2.58. The number of hydrogen-bond donors (Lipinski definition) is 1. The topological polar surface area (TPSA) is 72.2 Å². The number of thiazole rings is 1. The molecular weight excluding hydrogens is 354 g/mol. The van der Waals surface area contributed by atoms with Crippen molar-refractivity contribution >= 4 is 43.5 Å². The van der Waals surface area contributed by atoms with Crippen LogP contribution in [-0.2, 0) is 6.54 Å². The van der Waals surface area contributed by atoms with Gasteiger partial charge in [-0.1, -0.05) is 25.2 Å². The molecule has 0 bridgehead atoms. The molecule has 6 nitrogen and oxygen atoms in total. The highest BCUT2D eigenvalue weighted by Crippen LogP contribution is 2.29. The van der Waals surface area contributed by atoms with Gasteiger partial charge in [0.25, 0.3) is 5.56 Å². The monoisotopic (exact) mass is 371 g/mol. The predicted molar refractivity (Wildman–Crippen MR) is 103 cm³/mol. The second-order valence-electron chi connectivity index (χ2n) is 6.14. The zero-order chi connectivity index (χ0) is 17.6. The first-order chi connectivity index (χ1) is 12.0. The van der Waals surface area contributed by atoms with Gasteiger partial charge in [0, 0.05) is 17.7 Å². The maximum absolute atomic E-state index is 12.1. The maximum Gasteiger partial charge on any atom is 0.275 e. The molecule has 3 heterocycles. The number of anilines is 1. The highest BCUT2D eigenvalue weighted by atomic mass is 32.1. The first-order valence-electron chi connectivity index (χ1n) is 8.00. The third-order valence-corrected chi connectivity index (χ3v) is 5.91. The van der Waals surface area contributed by atoms with E-state index < -0.39 is 0 Å². The van der Waals surface area contributed by atoms with Crippen LogP contribution in [0.5, 0.6) is 0 Å². The lowest BCUT2D eigenvalue weighted by molar-refractivity contribution is 0.857. The van der Waals surface area contributed by atoms with Crippen LogP contribution in [0.4, 0.5) is 5.69 Å². The summed E-state index contributed by atoms with van der Waals surface area (Å²) in [5, 5.41) is 9.47. The van der Waals surface area contributed by atoms with E-state index in [0.29, 0.717) is 23.1 Å². The van der Waals surface area contributed by atoms with Gasteiger partial charge in [0.15, 0.2) is 0 Å². The largest absolute Gasteiger partial charge is 0.379 e. The molecule has 8 heteroatoms. The summed E-state index contributed by atoms with van der Waals surface area (Å²) < 4.78 is 2.51. The van der Waals surface area contributed by atoms with Crippen LogP contribution >= 0.6 is 22.7 Å². The van der Waals surface area contributed by atoms with Crippen molar-refractivity contribution in [2.45, 2.75) is 33.2 Å². The molecule has 0 amide bonds. The summed E-state index contributed by atoms with van der Waals surface area (Å²) in [4.78, 5) is 21.9. The SMILES string of the molecule is Cc1nn2c(=O)cc(CNc3ccc4nc(C(C)C)sc4c3)nc2s1. The van der Waals surface area contributed by atoms with Crippen molar-refractivity contribution in [2.24, 2.45) is 0 Å². The van der Waals surface area contributed by atoms with Crippen molar-refractivity contribution in [2.75, 3.05) is 5.32 Å². The minimum atomic E-state index is -0.148. The third-order valence-electron chi connectivity index (χ3n) is 3.77. The normalized spacial score (nSPS) is 11.7. The molecule has 0 aliphatic rings. The maximum atomic E-state index is 12.1. The molecule has 0 unspecified atom stereocenters. The molecule has 0 saturated carbocycles. The van der Waals surface area contributed by atoms with E-state index in [0.717, 1.165) is 25.9 Å². The fraction of sp³-hybridized carbons (Fsp3) is 0.294. The Hall–Kier alpha value is -2.32. The molecule has 0 aliphatic heterocycles. The molecule has 4 aromatic rings. The smallest absolute Gasteiger partial charge is 0.275 e. The molecule has 4 rings (SSSR count). The average Bonchev–Trinajstić information content (AvgIpc) is 3.15. The van der Waals surface area contributed by atoms with Gasteiger partial charge in [-0.05, 0) is 25.1 Å². The Bertz CT molecular complexity index is 1130. The predicted octanol–water partition coefficient (Wildman–Crippen LogP) is 3.80. The number of nitrogens with one attached hydrogen (secondary N) is 1. The summed E-state index contributed by atoms with van der Waals surface area (Å²) in [5.74, 6) is 0.431. The summed E-state index contributed by atoms with van der Waals surface area (Å²) in [7, 11) is 0. The van der Waals surface area contributed by atoms with Crippen LogP contribution in [0.2, 0.25) is 0 Å². The van der Waals surface area contributed by atoms with Gasteiger partial charge in [-0.3, -0.25) is 4.79 Å². The van der Waals surface area contributed by atoms with Gasteiger partial charge in [-0.15, -0.1) is 11.3 Å². The average molecular weight is 371 g/mol. The molecule has 1 aromatic carbocycles. The Balaban J connectivity index is 1.58. The molecule has 0 radical (unpaired) electrons. The van der Waals surface area contributed by atoms with E-state index in [2.05, 4.69) is 40.3 Å². The minimum Gasteiger partial charge on any atom is -0.379 e. The summed E-state index contributed by atoms with van der Waals surface area (Å²) in [6.45, 7) is 6.66. The van der Waals surface area contributed by atoms with Crippen molar-refractivity contribution in [3.8, 4) is 0 Å². The van der Waals surface area contributed by atoms with E-state index >= 15 is 0 Å². The lowest BCUT2D eigenvalue weighted by Crippen LogP contribution is -2.16. The minimum absolute atomic E-state index is 0.148. The number of rotatable bonds is 4. The van der Waals surface area contributed by atoms with E-state index in [-0.39, 0.29) is 5.56 Å². The van der Waals surface area contributed by atoms with Crippen LogP contribution in [0.3, 0.4) is 0 Å². The van der Waals surface area contributed by atoms with Crippen LogP contribution in [0, 0.1) is 6.92 Å². The van der Waals surface area contributed by atoms with Gasteiger partial charge in [-0.2, -0.15) is 9.61 Å². The molecular formula is C17H17N5OS2. The quantitative estimate of drug-likeness (QED) is 0.591. The third kappa shape index (κ3) is 3.14. The first kappa shape index (κ1) is 16.2. The zero-order valence-electron chi connectivity index (χ0n) is 14.1. The van der Waals surface area contributed by atoms with Crippen LogP contribution in [-0.4, -0.2) is 19.6 Å². The van der Waals surface area contributed by atoms with Crippen molar-refractivity contribution < 1.29 is 0 Å². The van der Waals surface area contributed by atoms with Crippen molar-refractivity contribution in [3.05, 3.63) is 50.3 Å². The van der Waals surface area contributed by atoms with Crippen LogP contribution in [0.15, 0.2) is 29.1 Å². The Morgan fingerprint density at radius 1 is 1.20 bits per heavy atom. The number of nitrogens with zero attached hydrogens (tertiary/aromatic N) is 4. The molecule has 0 saturated heterocycles. The van der Waals surface area contributed by atoms with Crippen molar-refractivity contribution in [1.29, 1.82) is 0 Å². The molecule has 128 valence electrons. The second kappa shape index (κ2) is 6.20. The van der Waals surface area contributed by atoms with Gasteiger partial charge >= 0.3 is 0 Å². The summed E-state index contributed by atoms with van der Waals surface area (Å²) in [6.07, 6.45) is 0. The van der Waals surface area contributed by atoms with E-state index in [1.165, 1.54) is 21.9 Å². The highest BCUT2D eigenvalue weighted by Gasteiger charge is 2.09. The first-order valence-corrected chi connectivity index (χ1v) is 9.63. The lowest BCUT2D eigenvalue weighted by atomic mass is 10.2. The van der Waals surface area contributed by atoms with E-state index in [9.17, 15) is 4.79 Å². The van der Waals surface area contributed by atoms with E-state index in [1.807, 2.05) is 19.1 Å². The van der Waals surface area contributed by atoms with Gasteiger partial charge in [0.2, 0.25) is 4.96 Å². The van der Waals surface area contributed by atoms with Gasteiger partial charge in [-0.25, -0.2) is 9.97 Å². The zero-order valence-corrected chi connectivity index (χ0v) is 15.7. The Kier molecular flexibility index (Phi) is 4.01. The molecule has 0 aliphatic carbocycles. The van der Waals surface area contributed by atoms with Crippen LogP contribution in [0.1, 0.15) is 35.5 Å².